The highest BCUT2D eigenvalue weighted by Gasteiger charge is 2.33. The molecule has 6 nitrogen and oxygen atoms in total. The summed E-state index contributed by atoms with van der Waals surface area (Å²) in [5.74, 6) is -1.52. The zero-order valence-electron chi connectivity index (χ0n) is 10.3. The maximum absolute atomic E-state index is 14.0. The van der Waals surface area contributed by atoms with E-state index in [0.717, 1.165) is 6.20 Å². The van der Waals surface area contributed by atoms with Gasteiger partial charge in [-0.25, -0.2) is 14.4 Å². The van der Waals surface area contributed by atoms with E-state index < -0.39 is 23.7 Å². The second-order valence-electron chi connectivity index (χ2n) is 4.64. The molecule has 0 amide bonds. The minimum atomic E-state index is -0.571. The lowest BCUT2D eigenvalue weighted by Gasteiger charge is -2.18. The van der Waals surface area contributed by atoms with Crippen LogP contribution in [-0.2, 0) is 9.59 Å². The van der Waals surface area contributed by atoms with E-state index in [1.165, 1.54) is 10.9 Å². The number of allylic oxidation sites excluding steroid dienone is 2. The Morgan fingerprint density at radius 3 is 2.75 bits per heavy atom. The molecule has 0 aromatic carbocycles. The van der Waals surface area contributed by atoms with Gasteiger partial charge < -0.3 is 19.9 Å². The van der Waals surface area contributed by atoms with E-state index in [1.54, 1.807) is 12.2 Å². The van der Waals surface area contributed by atoms with Gasteiger partial charge in [-0.3, -0.25) is 0 Å². The summed E-state index contributed by atoms with van der Waals surface area (Å²) in [5.41, 5.74) is 6.09. The average molecular weight is 274 g/mol. The van der Waals surface area contributed by atoms with Crippen LogP contribution in [0.3, 0.4) is 0 Å². The third-order valence-corrected chi connectivity index (χ3v) is 3.58. The monoisotopic (exact) mass is 274 g/mol. The Balaban J connectivity index is 2.16. The van der Waals surface area contributed by atoms with Gasteiger partial charge >= 0.3 is 0 Å². The molecule has 0 fully saturated rings. The van der Waals surface area contributed by atoms with Gasteiger partial charge in [0.2, 0.25) is 0 Å². The smallest absolute Gasteiger partial charge is 0.167 e. The number of halogens is 1. The van der Waals surface area contributed by atoms with E-state index in [4.69, 9.17) is 5.73 Å². The number of imidazole rings is 1. The number of carbonyl (C=O) groups excluding carboxylic acids is 2. The molecule has 3 rings (SSSR count). The molecule has 0 saturated heterocycles. The fourth-order valence-electron chi connectivity index (χ4n) is 2.57. The Morgan fingerprint density at radius 1 is 1.25 bits per heavy atom. The highest BCUT2D eigenvalue weighted by atomic mass is 19.1. The van der Waals surface area contributed by atoms with Crippen molar-refractivity contribution < 1.29 is 14.0 Å². The topological polar surface area (TPSA) is 90.9 Å². The lowest BCUT2D eigenvalue weighted by molar-refractivity contribution is -0.118. The van der Waals surface area contributed by atoms with Crippen molar-refractivity contribution in [1.82, 2.24) is 14.5 Å². The van der Waals surface area contributed by atoms with Crippen molar-refractivity contribution in [2.45, 2.75) is 6.04 Å². The number of nitrogen functional groups attached to an aromatic ring is 1. The van der Waals surface area contributed by atoms with Gasteiger partial charge in [0.1, 0.15) is 23.6 Å². The standard InChI is InChI=1S/C13H11FN4O2/c14-9-3-16-13(15)11-12(9)18(6-17-11)10-2-1-7(4-19)8(10)5-20/h1-8,10H,(H2,15,16)/t7-,8-,10+/m0/s1. The van der Waals surface area contributed by atoms with Crippen molar-refractivity contribution in [1.29, 1.82) is 0 Å². The molecular weight excluding hydrogens is 263 g/mol. The van der Waals surface area contributed by atoms with Crippen LogP contribution < -0.4 is 5.73 Å². The molecule has 7 heteroatoms. The molecule has 0 radical (unpaired) electrons. The molecule has 0 saturated carbocycles. The summed E-state index contributed by atoms with van der Waals surface area (Å²) in [6, 6.07) is -0.455. The van der Waals surface area contributed by atoms with E-state index >= 15 is 0 Å². The molecule has 2 aromatic heterocycles. The molecule has 0 bridgehead atoms. The molecule has 0 unspecified atom stereocenters. The number of anilines is 1. The highest BCUT2D eigenvalue weighted by molar-refractivity contribution is 5.85. The molecule has 2 aromatic rings. The van der Waals surface area contributed by atoms with Crippen molar-refractivity contribution in [2.75, 3.05) is 5.73 Å². The van der Waals surface area contributed by atoms with Crippen LogP contribution >= 0.6 is 0 Å². The predicted octanol–water partition coefficient (Wildman–Crippen LogP) is 0.894. The fourth-order valence-corrected chi connectivity index (χ4v) is 2.57. The van der Waals surface area contributed by atoms with Crippen LogP contribution in [0.1, 0.15) is 6.04 Å². The van der Waals surface area contributed by atoms with Gasteiger partial charge in [-0.2, -0.15) is 0 Å². The number of aldehydes is 2. The van der Waals surface area contributed by atoms with Crippen molar-refractivity contribution in [3.8, 4) is 0 Å². The summed E-state index contributed by atoms with van der Waals surface area (Å²) in [5, 5.41) is 0. The summed E-state index contributed by atoms with van der Waals surface area (Å²) >= 11 is 0. The Labute approximate surface area is 113 Å². The minimum absolute atomic E-state index is 0.122. The van der Waals surface area contributed by atoms with Gasteiger partial charge in [0.05, 0.1) is 24.5 Å². The van der Waals surface area contributed by atoms with E-state index in [9.17, 15) is 14.0 Å². The normalized spacial score (nSPS) is 25.1. The highest BCUT2D eigenvalue weighted by Crippen LogP contribution is 2.35. The van der Waals surface area contributed by atoms with Crippen LogP contribution in [-0.4, -0.2) is 27.1 Å². The molecule has 3 atom stereocenters. The van der Waals surface area contributed by atoms with Gasteiger partial charge in [0.15, 0.2) is 11.6 Å². The van der Waals surface area contributed by atoms with Crippen LogP contribution in [0.5, 0.6) is 0 Å². The van der Waals surface area contributed by atoms with E-state index in [2.05, 4.69) is 9.97 Å². The van der Waals surface area contributed by atoms with Crippen LogP contribution in [0, 0.1) is 17.7 Å². The molecule has 0 spiro atoms. The minimum Gasteiger partial charge on any atom is -0.382 e. The number of aromatic nitrogens is 3. The predicted molar refractivity (Wildman–Crippen MR) is 69.2 cm³/mol. The number of hydrogen-bond acceptors (Lipinski definition) is 5. The zero-order chi connectivity index (χ0) is 14.3. The molecule has 1 aliphatic carbocycles. The molecule has 20 heavy (non-hydrogen) atoms. The quantitative estimate of drug-likeness (QED) is 0.663. The van der Waals surface area contributed by atoms with Gasteiger partial charge in [-0.1, -0.05) is 12.2 Å². The molecule has 102 valence electrons. The van der Waals surface area contributed by atoms with Crippen molar-refractivity contribution in [2.24, 2.45) is 11.8 Å². The number of carbonyl (C=O) groups is 2. The molecule has 2 N–H and O–H groups in total. The molecule has 2 heterocycles. The number of hydrogen-bond donors (Lipinski definition) is 1. The second-order valence-corrected chi connectivity index (χ2v) is 4.64. The summed E-state index contributed by atoms with van der Waals surface area (Å²) in [4.78, 5) is 29.9. The van der Waals surface area contributed by atoms with Crippen LogP contribution in [0.15, 0.2) is 24.7 Å². The summed E-state index contributed by atoms with van der Waals surface area (Å²) in [7, 11) is 0. The first-order valence-corrected chi connectivity index (χ1v) is 6.02. The van der Waals surface area contributed by atoms with E-state index in [0.29, 0.717) is 12.6 Å². The van der Waals surface area contributed by atoms with Crippen molar-refractivity contribution >= 4 is 29.4 Å². The lowest BCUT2D eigenvalue weighted by atomic mass is 9.95. The Bertz CT molecular complexity index is 724. The van der Waals surface area contributed by atoms with Gasteiger partial charge in [0, 0.05) is 5.92 Å². The first-order valence-electron chi connectivity index (χ1n) is 6.02. The fraction of sp³-hybridized carbons (Fsp3) is 0.231. The van der Waals surface area contributed by atoms with E-state index in [1.807, 2.05) is 0 Å². The first-order chi connectivity index (χ1) is 9.67. The SMILES string of the molecule is Nc1ncc(F)c2c1ncn2[C@@H]1C=C[C@@H](C=O)[C@@H]1C=O. The van der Waals surface area contributed by atoms with Gasteiger partial charge in [-0.15, -0.1) is 0 Å². The van der Waals surface area contributed by atoms with E-state index in [-0.39, 0.29) is 16.9 Å². The Hall–Kier alpha value is -2.57. The zero-order valence-corrected chi connectivity index (χ0v) is 10.3. The number of rotatable bonds is 3. The Kier molecular flexibility index (Phi) is 2.81. The summed E-state index contributed by atoms with van der Waals surface area (Å²) < 4.78 is 15.5. The average Bonchev–Trinajstić information content (AvgIpc) is 3.05. The van der Waals surface area contributed by atoms with Gasteiger partial charge in [-0.05, 0) is 0 Å². The summed E-state index contributed by atoms with van der Waals surface area (Å²) in [6.45, 7) is 0. The third kappa shape index (κ3) is 1.63. The van der Waals surface area contributed by atoms with Crippen LogP contribution in [0.2, 0.25) is 0 Å². The molecule has 0 aliphatic heterocycles. The van der Waals surface area contributed by atoms with Crippen molar-refractivity contribution in [3.05, 3.63) is 30.5 Å². The first kappa shape index (κ1) is 12.5. The van der Waals surface area contributed by atoms with Crippen LogP contribution in [0.4, 0.5) is 10.2 Å². The molecule has 1 aliphatic rings. The maximum Gasteiger partial charge on any atom is 0.167 e. The van der Waals surface area contributed by atoms with Crippen molar-refractivity contribution in [3.63, 3.8) is 0 Å². The third-order valence-electron chi connectivity index (χ3n) is 3.58. The Morgan fingerprint density at radius 2 is 2.05 bits per heavy atom. The largest absolute Gasteiger partial charge is 0.382 e. The maximum atomic E-state index is 14.0. The molecular formula is C13H11FN4O2. The van der Waals surface area contributed by atoms with Gasteiger partial charge in [0.25, 0.3) is 0 Å². The number of nitrogens with zero attached hydrogens (tertiary/aromatic N) is 3. The number of fused-ring (bicyclic) bond motifs is 1. The lowest BCUT2D eigenvalue weighted by Crippen LogP contribution is -2.21. The second kappa shape index (κ2) is 4.52. The summed E-state index contributed by atoms with van der Waals surface area (Å²) in [6.07, 6.45) is 7.19. The number of nitrogens with two attached hydrogens (primary N) is 1. The number of pyridine rings is 1. The van der Waals surface area contributed by atoms with Crippen LogP contribution in [0.25, 0.3) is 11.0 Å².